The Labute approximate surface area is 183 Å². The summed E-state index contributed by atoms with van der Waals surface area (Å²) >= 11 is 0. The van der Waals surface area contributed by atoms with Crippen LogP contribution in [0.5, 0.6) is 0 Å². The van der Waals surface area contributed by atoms with Gasteiger partial charge in [0.2, 0.25) is 0 Å². The quantitative estimate of drug-likeness (QED) is 0.349. The molecule has 168 valence electrons. The predicted molar refractivity (Wildman–Crippen MR) is 118 cm³/mol. The van der Waals surface area contributed by atoms with Gasteiger partial charge in [0.1, 0.15) is 22.7 Å². The monoisotopic (exact) mass is 440 g/mol. The molecule has 1 aromatic carbocycles. The maximum atomic E-state index is 13.9. The van der Waals surface area contributed by atoms with Crippen LogP contribution < -0.4 is 5.32 Å². The number of nitrogens with zero attached hydrogens (tertiary/aromatic N) is 4. The molecular formula is C22H25FN6O3. The van der Waals surface area contributed by atoms with Crippen molar-refractivity contribution in [1.82, 2.24) is 30.0 Å². The Morgan fingerprint density at radius 1 is 1.38 bits per heavy atom. The zero-order valence-corrected chi connectivity index (χ0v) is 18.1. The number of H-pyrrole nitrogens is 1. The number of carbonyl (C=O) groups excluding carboxylic acids is 1. The zero-order chi connectivity index (χ0) is 23.0. The number of carbonyl (C=O) groups is 1. The molecule has 1 amide bonds. The van der Waals surface area contributed by atoms with E-state index >= 15 is 0 Å². The first-order valence-electron chi connectivity index (χ1n) is 10.3. The van der Waals surface area contributed by atoms with E-state index in [0.717, 1.165) is 0 Å². The number of fused-ring (bicyclic) bond motifs is 2. The molecule has 3 heterocycles. The first kappa shape index (κ1) is 21.8. The van der Waals surface area contributed by atoms with Crippen molar-refractivity contribution < 1.29 is 19.4 Å². The lowest BCUT2D eigenvalue weighted by Gasteiger charge is -2.23. The molecule has 1 unspecified atom stereocenters. The highest BCUT2D eigenvalue weighted by Crippen LogP contribution is 2.29. The van der Waals surface area contributed by atoms with Gasteiger partial charge < -0.3 is 20.5 Å². The van der Waals surface area contributed by atoms with E-state index in [9.17, 15) is 19.4 Å². The van der Waals surface area contributed by atoms with Gasteiger partial charge in [0.15, 0.2) is 5.65 Å². The molecule has 4 N–H and O–H groups in total. The third kappa shape index (κ3) is 4.19. The largest absolute Gasteiger partial charge is 0.394 e. The predicted octanol–water partition coefficient (Wildman–Crippen LogP) is 2.39. The summed E-state index contributed by atoms with van der Waals surface area (Å²) in [6.07, 6.45) is 3.00. The van der Waals surface area contributed by atoms with Crippen molar-refractivity contribution in [2.45, 2.75) is 45.4 Å². The molecule has 0 radical (unpaired) electrons. The summed E-state index contributed by atoms with van der Waals surface area (Å²) in [6, 6.07) is 4.38. The maximum Gasteiger partial charge on any atom is 0.255 e. The number of aromatic amines is 1. The van der Waals surface area contributed by atoms with Crippen molar-refractivity contribution in [2.75, 3.05) is 6.61 Å². The van der Waals surface area contributed by atoms with E-state index in [2.05, 4.69) is 25.4 Å². The van der Waals surface area contributed by atoms with Gasteiger partial charge >= 0.3 is 0 Å². The molecule has 0 aliphatic rings. The fourth-order valence-electron chi connectivity index (χ4n) is 3.41. The van der Waals surface area contributed by atoms with Gasteiger partial charge in [0, 0.05) is 18.1 Å². The van der Waals surface area contributed by atoms with Crippen LogP contribution in [0.25, 0.3) is 33.5 Å². The minimum Gasteiger partial charge on any atom is -0.394 e. The molecule has 0 saturated heterocycles. The van der Waals surface area contributed by atoms with Gasteiger partial charge in [-0.15, -0.1) is 0 Å². The van der Waals surface area contributed by atoms with Crippen LogP contribution in [-0.2, 0) is 6.54 Å². The summed E-state index contributed by atoms with van der Waals surface area (Å²) in [6.45, 7) is 5.29. The van der Waals surface area contributed by atoms with Gasteiger partial charge in [-0.3, -0.25) is 9.48 Å². The van der Waals surface area contributed by atoms with Crippen LogP contribution in [0, 0.1) is 5.82 Å². The Morgan fingerprint density at radius 3 is 2.88 bits per heavy atom. The molecule has 0 aliphatic heterocycles. The van der Waals surface area contributed by atoms with Gasteiger partial charge in [0.25, 0.3) is 5.91 Å². The minimum atomic E-state index is -0.797. The van der Waals surface area contributed by atoms with Crippen LogP contribution in [-0.4, -0.2) is 59.1 Å². The van der Waals surface area contributed by atoms with E-state index in [1.165, 1.54) is 18.3 Å². The summed E-state index contributed by atoms with van der Waals surface area (Å²) in [7, 11) is 0. The minimum absolute atomic E-state index is 0.218. The normalized spacial score (nSPS) is 13.1. The Kier molecular flexibility index (Phi) is 5.66. The first-order chi connectivity index (χ1) is 15.2. The lowest BCUT2D eigenvalue weighted by Crippen LogP contribution is -2.46. The van der Waals surface area contributed by atoms with Crippen LogP contribution in [0.4, 0.5) is 4.39 Å². The van der Waals surface area contributed by atoms with E-state index in [1.54, 1.807) is 37.7 Å². The second kappa shape index (κ2) is 8.29. The highest BCUT2D eigenvalue weighted by atomic mass is 19.1. The number of rotatable bonds is 7. The van der Waals surface area contributed by atoms with E-state index < -0.39 is 17.6 Å². The summed E-state index contributed by atoms with van der Waals surface area (Å²) in [5.74, 6) is -0.781. The highest BCUT2D eigenvalue weighted by molar-refractivity contribution is 6.05. The van der Waals surface area contributed by atoms with Crippen molar-refractivity contribution >= 4 is 28.0 Å². The summed E-state index contributed by atoms with van der Waals surface area (Å²) < 4.78 is 15.6. The third-order valence-electron chi connectivity index (χ3n) is 5.19. The molecule has 0 saturated carbocycles. The second-order valence-electron chi connectivity index (χ2n) is 8.52. The number of aromatic nitrogens is 5. The van der Waals surface area contributed by atoms with E-state index in [-0.39, 0.29) is 12.4 Å². The van der Waals surface area contributed by atoms with E-state index in [1.807, 2.05) is 0 Å². The van der Waals surface area contributed by atoms with Crippen molar-refractivity contribution in [3.63, 3.8) is 0 Å². The second-order valence-corrected chi connectivity index (χ2v) is 8.52. The van der Waals surface area contributed by atoms with E-state index in [0.29, 0.717) is 52.0 Å². The van der Waals surface area contributed by atoms with Crippen LogP contribution in [0.2, 0.25) is 0 Å². The Balaban J connectivity index is 1.79. The number of halogens is 1. The molecule has 4 aromatic rings. The lowest BCUT2D eigenvalue weighted by molar-refractivity contribution is 0.0871. The van der Waals surface area contributed by atoms with Crippen molar-refractivity contribution in [3.8, 4) is 11.4 Å². The molecule has 32 heavy (non-hydrogen) atoms. The van der Waals surface area contributed by atoms with Crippen molar-refractivity contribution in [1.29, 1.82) is 0 Å². The summed E-state index contributed by atoms with van der Waals surface area (Å²) in [5, 5.41) is 27.1. The van der Waals surface area contributed by atoms with Crippen LogP contribution in [0.1, 0.15) is 37.6 Å². The topological polar surface area (TPSA) is 129 Å². The molecular weight excluding hydrogens is 415 g/mol. The number of aliphatic hydroxyl groups excluding tert-OH is 2. The highest BCUT2D eigenvalue weighted by Gasteiger charge is 2.24. The molecule has 10 heteroatoms. The number of hydrogen-bond donors (Lipinski definition) is 4. The Hall–Kier alpha value is -3.37. The Bertz CT molecular complexity index is 1290. The van der Waals surface area contributed by atoms with Crippen LogP contribution in [0.15, 0.2) is 30.6 Å². The average molecular weight is 440 g/mol. The van der Waals surface area contributed by atoms with Crippen LogP contribution in [0.3, 0.4) is 0 Å². The third-order valence-corrected chi connectivity index (χ3v) is 5.19. The van der Waals surface area contributed by atoms with Gasteiger partial charge in [-0.2, -0.15) is 5.10 Å². The zero-order valence-electron chi connectivity index (χ0n) is 18.1. The number of amides is 1. The van der Waals surface area contributed by atoms with Crippen molar-refractivity contribution in [2.24, 2.45) is 0 Å². The fourth-order valence-corrected chi connectivity index (χ4v) is 3.41. The summed E-state index contributed by atoms with van der Waals surface area (Å²) in [5.41, 5.74) is 1.81. The molecule has 4 rings (SSSR count). The van der Waals surface area contributed by atoms with Gasteiger partial charge in [-0.1, -0.05) is 0 Å². The smallest absolute Gasteiger partial charge is 0.255 e. The molecule has 0 bridgehead atoms. The molecule has 0 fully saturated rings. The number of aryl methyl sites for hydroxylation is 1. The van der Waals surface area contributed by atoms with E-state index in [4.69, 9.17) is 0 Å². The maximum absolute atomic E-state index is 13.9. The molecule has 1 atom stereocenters. The molecule has 0 spiro atoms. The Morgan fingerprint density at radius 2 is 2.16 bits per heavy atom. The number of nitrogens with one attached hydrogen (secondary N) is 2. The number of benzene rings is 1. The van der Waals surface area contributed by atoms with Gasteiger partial charge in [-0.05, 0) is 45.4 Å². The summed E-state index contributed by atoms with van der Waals surface area (Å²) in [4.78, 5) is 24.7. The molecule has 3 aromatic heterocycles. The first-order valence-corrected chi connectivity index (χ1v) is 10.3. The fraction of sp³-hybridized carbons (Fsp3) is 0.364. The number of aliphatic hydroxyl groups is 2. The SMILES string of the molecule is CC(O)CCn1nc(-c2cnc3[nH]cc(C(=O)NC(C)(C)CO)c3n2)c2ccc(F)cc21. The van der Waals surface area contributed by atoms with Gasteiger partial charge in [0.05, 0.1) is 35.5 Å². The molecule has 0 aliphatic carbocycles. The number of hydrogen-bond acceptors (Lipinski definition) is 6. The molecule has 9 nitrogen and oxygen atoms in total. The van der Waals surface area contributed by atoms with Crippen LogP contribution >= 0.6 is 0 Å². The van der Waals surface area contributed by atoms with Gasteiger partial charge in [-0.25, -0.2) is 14.4 Å². The standard InChI is InChI=1S/C22H25FN6O3/c1-12(31)6-7-29-17-8-13(23)4-5-14(17)18(28-29)16-10-25-20-19(26-16)15(9-24-20)21(32)27-22(2,3)11-30/h4-5,8-10,12,30-31H,6-7,11H2,1-3H3,(H,24,25)(H,27,32). The lowest BCUT2D eigenvalue weighted by atomic mass is 10.1. The van der Waals surface area contributed by atoms with Crippen molar-refractivity contribution in [3.05, 3.63) is 42.0 Å². The average Bonchev–Trinajstić information content (AvgIpc) is 3.32.